The van der Waals surface area contributed by atoms with Crippen LogP contribution in [0.4, 0.5) is 13.2 Å². The highest BCUT2D eigenvalue weighted by atomic mass is 19.3. The van der Waals surface area contributed by atoms with E-state index in [9.17, 15) is 23.5 Å². The van der Waals surface area contributed by atoms with E-state index in [0.717, 1.165) is 31.6 Å². The van der Waals surface area contributed by atoms with E-state index >= 15 is 4.39 Å². The van der Waals surface area contributed by atoms with Gasteiger partial charge in [-0.15, -0.1) is 0 Å². The third kappa shape index (κ3) is 5.03. The Labute approximate surface area is 204 Å². The largest absolute Gasteiger partial charge is 0.493 e. The van der Waals surface area contributed by atoms with E-state index in [4.69, 9.17) is 4.74 Å². The number of rotatable bonds is 6. The maximum Gasteiger partial charge on any atom is 0.326 e. The molecule has 1 aliphatic heterocycles. The van der Waals surface area contributed by atoms with Gasteiger partial charge in [0.25, 0.3) is 11.8 Å². The number of halogens is 3. The van der Waals surface area contributed by atoms with Crippen LogP contribution in [0.15, 0.2) is 12.1 Å². The lowest BCUT2D eigenvalue weighted by Crippen LogP contribution is -2.41. The molecular weight excluding hydrogens is 459 g/mol. The van der Waals surface area contributed by atoms with Gasteiger partial charge in [0, 0.05) is 17.9 Å². The predicted molar refractivity (Wildman–Crippen MR) is 123 cm³/mol. The molecule has 1 aromatic rings. The molecule has 4 aliphatic rings. The molecule has 3 aliphatic carbocycles. The topological polar surface area (TPSA) is 66.8 Å². The molecule has 1 N–H and O–H groups in total. The molecule has 1 amide bonds. The Hall–Kier alpha value is -2.25. The van der Waals surface area contributed by atoms with Crippen molar-refractivity contribution in [2.45, 2.75) is 83.1 Å². The molecule has 1 heterocycles. The molecule has 5 nitrogen and oxygen atoms in total. The van der Waals surface area contributed by atoms with E-state index < -0.39 is 42.6 Å². The summed E-state index contributed by atoms with van der Waals surface area (Å²) in [7, 11) is 0. The lowest BCUT2D eigenvalue weighted by atomic mass is 9.60. The number of hydrogen-bond donors (Lipinski definition) is 1. The average Bonchev–Trinajstić information content (AvgIpc) is 3.53. The Morgan fingerprint density at radius 2 is 1.77 bits per heavy atom. The maximum atomic E-state index is 15.2. The van der Waals surface area contributed by atoms with Crippen LogP contribution in [-0.4, -0.2) is 47.0 Å². The Morgan fingerprint density at radius 1 is 1.11 bits per heavy atom. The van der Waals surface area contributed by atoms with E-state index in [1.807, 2.05) is 0 Å². The van der Waals surface area contributed by atoms with E-state index in [1.165, 1.54) is 31.4 Å². The van der Waals surface area contributed by atoms with E-state index in [1.54, 1.807) is 0 Å². The molecule has 1 aromatic carbocycles. The summed E-state index contributed by atoms with van der Waals surface area (Å²) in [5, 5.41) is 9.33. The first-order chi connectivity index (χ1) is 16.4. The fourth-order valence-electron chi connectivity index (χ4n) is 7.06. The molecule has 192 valence electrons. The lowest BCUT2D eigenvalue weighted by molar-refractivity contribution is -0.141. The molecule has 0 radical (unpaired) electrons. The van der Waals surface area contributed by atoms with Crippen LogP contribution >= 0.6 is 0 Å². The van der Waals surface area contributed by atoms with Crippen LogP contribution < -0.4 is 4.74 Å². The van der Waals surface area contributed by atoms with Gasteiger partial charge in [-0.1, -0.05) is 13.8 Å². The third-order valence-electron chi connectivity index (χ3n) is 8.44. The van der Waals surface area contributed by atoms with Crippen molar-refractivity contribution in [3.05, 3.63) is 29.1 Å². The summed E-state index contributed by atoms with van der Waals surface area (Å²) in [6.45, 7) is 4.01. The molecule has 8 heteroatoms. The number of carboxylic acids is 1. The quantitative estimate of drug-likeness (QED) is 0.538. The van der Waals surface area contributed by atoms with Gasteiger partial charge in [-0.05, 0) is 80.2 Å². The average molecular weight is 494 g/mol. The van der Waals surface area contributed by atoms with E-state index in [0.29, 0.717) is 34.7 Å². The highest BCUT2D eigenvalue weighted by Crippen LogP contribution is 2.51. The standard InChI is InChI=1S/C27H34F3NO4/c1-15-5-16-7-17(6-15)11-26(2,10-16)14-35-23-9-21(28)20(8-19(23)18-3-4-18)24(32)31-13-27(29,30)12-22(31)25(33)34/h8-9,15-18,22H,3-7,10-14H2,1-2H3,(H,33,34)/t15?,16?,17?,22-,26?/m0/s1. The van der Waals surface area contributed by atoms with Crippen LogP contribution in [0.5, 0.6) is 5.75 Å². The van der Waals surface area contributed by atoms with Gasteiger partial charge in [0.05, 0.1) is 18.7 Å². The monoisotopic (exact) mass is 493 g/mol. The molecule has 4 fully saturated rings. The Balaban J connectivity index is 1.36. The van der Waals surface area contributed by atoms with Crippen LogP contribution in [-0.2, 0) is 4.79 Å². The van der Waals surface area contributed by atoms with E-state index in [-0.39, 0.29) is 16.9 Å². The number of amides is 1. The number of carbonyl (C=O) groups excluding carboxylic acids is 1. The SMILES string of the molecule is CC1CC2CC(C1)CC(C)(COc1cc(F)c(C(=O)N3CC(F)(F)C[C@H]3C(=O)O)cc1C1CC1)C2. The van der Waals surface area contributed by atoms with Crippen molar-refractivity contribution in [3.63, 3.8) is 0 Å². The van der Waals surface area contributed by atoms with Crippen LogP contribution in [0, 0.1) is 29.0 Å². The zero-order chi connectivity index (χ0) is 25.1. The Morgan fingerprint density at radius 3 is 2.37 bits per heavy atom. The lowest BCUT2D eigenvalue weighted by Gasteiger charge is -2.47. The number of likely N-dealkylation sites (tertiary alicyclic amines) is 1. The summed E-state index contributed by atoms with van der Waals surface area (Å²) < 4.78 is 49.2. The highest BCUT2D eigenvalue weighted by Gasteiger charge is 2.51. The van der Waals surface area contributed by atoms with Crippen molar-refractivity contribution in [1.82, 2.24) is 4.90 Å². The first-order valence-corrected chi connectivity index (χ1v) is 12.8. The first kappa shape index (κ1) is 24.4. The van der Waals surface area contributed by atoms with Gasteiger partial charge in [0.2, 0.25) is 0 Å². The molecule has 2 unspecified atom stereocenters. The zero-order valence-corrected chi connectivity index (χ0v) is 20.4. The third-order valence-corrected chi connectivity index (χ3v) is 8.44. The van der Waals surface area contributed by atoms with Gasteiger partial charge >= 0.3 is 5.97 Å². The fraction of sp³-hybridized carbons (Fsp3) is 0.704. The number of nitrogens with zero attached hydrogens (tertiary/aromatic N) is 1. The number of carboxylic acid groups (broad SMARTS) is 1. The maximum absolute atomic E-state index is 15.2. The molecule has 3 atom stereocenters. The molecular formula is C27H34F3NO4. The van der Waals surface area contributed by atoms with Crippen LogP contribution in [0.3, 0.4) is 0 Å². The van der Waals surface area contributed by atoms with Gasteiger partial charge in [-0.2, -0.15) is 0 Å². The fourth-order valence-corrected chi connectivity index (χ4v) is 7.06. The minimum atomic E-state index is -3.32. The molecule has 0 aromatic heterocycles. The van der Waals surface area contributed by atoms with Crippen molar-refractivity contribution < 1.29 is 32.6 Å². The van der Waals surface area contributed by atoms with Gasteiger partial charge in [-0.3, -0.25) is 4.79 Å². The zero-order valence-electron chi connectivity index (χ0n) is 20.4. The Kier molecular flexibility index (Phi) is 6.07. The van der Waals surface area contributed by atoms with Crippen molar-refractivity contribution in [3.8, 4) is 5.75 Å². The Bertz CT molecular complexity index is 1010. The smallest absolute Gasteiger partial charge is 0.326 e. The number of alkyl halides is 2. The van der Waals surface area contributed by atoms with Crippen molar-refractivity contribution in [2.75, 3.05) is 13.2 Å². The second kappa shape index (κ2) is 8.70. The van der Waals surface area contributed by atoms with Gasteiger partial charge in [0.1, 0.15) is 17.6 Å². The van der Waals surface area contributed by atoms with Crippen molar-refractivity contribution in [2.24, 2.45) is 23.2 Å². The molecule has 3 saturated carbocycles. The normalized spacial score (nSPS) is 34.0. The van der Waals surface area contributed by atoms with Crippen molar-refractivity contribution in [1.29, 1.82) is 0 Å². The molecule has 2 bridgehead atoms. The molecule has 35 heavy (non-hydrogen) atoms. The summed E-state index contributed by atoms with van der Waals surface area (Å²) in [4.78, 5) is 25.1. The molecule has 0 spiro atoms. The summed E-state index contributed by atoms with van der Waals surface area (Å²) in [5.74, 6) is -4.00. The van der Waals surface area contributed by atoms with Gasteiger partial charge in [0.15, 0.2) is 0 Å². The number of ether oxygens (including phenoxy) is 1. The number of fused-ring (bicyclic) bond motifs is 2. The number of hydrogen-bond acceptors (Lipinski definition) is 3. The van der Waals surface area contributed by atoms with Crippen molar-refractivity contribution >= 4 is 11.9 Å². The number of carbonyl (C=O) groups is 2. The van der Waals surface area contributed by atoms with E-state index in [2.05, 4.69) is 13.8 Å². The molecule has 1 saturated heterocycles. The number of aliphatic carboxylic acids is 1. The highest BCUT2D eigenvalue weighted by molar-refractivity contribution is 5.97. The summed E-state index contributed by atoms with van der Waals surface area (Å²) in [5.41, 5.74) is 0.353. The second-order valence-electron chi connectivity index (χ2n) is 12.0. The predicted octanol–water partition coefficient (Wildman–Crippen LogP) is 5.87. The minimum Gasteiger partial charge on any atom is -0.493 e. The minimum absolute atomic E-state index is 0.00928. The van der Waals surface area contributed by atoms with Crippen LogP contribution in [0.1, 0.15) is 87.1 Å². The first-order valence-electron chi connectivity index (χ1n) is 12.8. The van der Waals surface area contributed by atoms with Gasteiger partial charge < -0.3 is 14.7 Å². The van der Waals surface area contributed by atoms with Crippen LogP contribution in [0.25, 0.3) is 0 Å². The summed E-state index contributed by atoms with van der Waals surface area (Å²) in [6.07, 6.45) is 6.76. The molecule has 5 rings (SSSR count). The second-order valence-corrected chi connectivity index (χ2v) is 12.0. The number of benzene rings is 1. The van der Waals surface area contributed by atoms with Gasteiger partial charge in [-0.25, -0.2) is 18.0 Å². The van der Waals surface area contributed by atoms with Crippen LogP contribution in [0.2, 0.25) is 0 Å². The summed E-state index contributed by atoms with van der Waals surface area (Å²) >= 11 is 0. The summed E-state index contributed by atoms with van der Waals surface area (Å²) in [6, 6.07) is 0.921.